The van der Waals surface area contributed by atoms with Gasteiger partial charge in [-0.25, -0.2) is 9.97 Å². The van der Waals surface area contributed by atoms with Crippen molar-refractivity contribution in [3.8, 4) is 0 Å². The van der Waals surface area contributed by atoms with Gasteiger partial charge in [-0.1, -0.05) is 6.07 Å². The lowest BCUT2D eigenvalue weighted by Crippen LogP contribution is -2.12. The predicted molar refractivity (Wildman–Crippen MR) is 69.7 cm³/mol. The normalized spacial score (nSPS) is 10.1. The Morgan fingerprint density at radius 2 is 2.25 bits per heavy atom. The number of nitrogens with one attached hydrogen (secondary N) is 1. The zero-order valence-electron chi connectivity index (χ0n) is 7.78. The van der Waals surface area contributed by atoms with Crippen LogP contribution < -0.4 is 5.32 Å². The van der Waals surface area contributed by atoms with Crippen LogP contribution in [0.1, 0.15) is 9.67 Å². The number of carbonyl (C=O) groups excluding carboxylic acids is 1. The molecule has 2 aromatic heterocycles. The molecule has 2 heterocycles. The largest absolute Gasteiger partial charge is 0.304 e. The van der Waals surface area contributed by atoms with E-state index in [1.165, 1.54) is 17.5 Å². The molecule has 0 bridgehead atoms. The molecule has 82 valence electrons. The summed E-state index contributed by atoms with van der Waals surface area (Å²) >= 11 is 7.79. The number of thiophene rings is 1. The number of amides is 1. The Labute approximate surface area is 112 Å². The van der Waals surface area contributed by atoms with Gasteiger partial charge in [-0.15, -0.1) is 11.3 Å². The Kier molecular flexibility index (Phi) is 3.67. The summed E-state index contributed by atoms with van der Waals surface area (Å²) in [4.78, 5) is 20.5. The fourth-order valence-corrected chi connectivity index (χ4v) is 2.54. The number of halogens is 2. The molecule has 2 aromatic rings. The highest BCUT2D eigenvalue weighted by Gasteiger charge is 2.10. The maximum absolute atomic E-state index is 11.7. The highest BCUT2D eigenvalue weighted by atomic mass is 79.9. The maximum atomic E-state index is 11.7. The molecule has 7 heteroatoms. The minimum absolute atomic E-state index is 0.188. The zero-order valence-corrected chi connectivity index (χ0v) is 11.8. The first-order valence-corrected chi connectivity index (χ1v) is 6.66. The minimum atomic E-state index is -0.188. The van der Waals surface area contributed by atoms with Gasteiger partial charge in [0.15, 0.2) is 5.82 Å². The van der Waals surface area contributed by atoms with Crippen LogP contribution >= 0.6 is 43.2 Å². The van der Waals surface area contributed by atoms with E-state index in [-0.39, 0.29) is 5.91 Å². The van der Waals surface area contributed by atoms with Gasteiger partial charge in [-0.3, -0.25) is 4.79 Å². The summed E-state index contributed by atoms with van der Waals surface area (Å²) in [5, 5.41) is 4.51. The van der Waals surface area contributed by atoms with E-state index in [0.29, 0.717) is 19.9 Å². The molecular formula is C9H5Br2N3OS. The lowest BCUT2D eigenvalue weighted by Gasteiger charge is -2.04. The summed E-state index contributed by atoms with van der Waals surface area (Å²) in [6.45, 7) is 0. The topological polar surface area (TPSA) is 54.9 Å². The van der Waals surface area contributed by atoms with Crippen molar-refractivity contribution in [1.82, 2.24) is 9.97 Å². The van der Waals surface area contributed by atoms with Gasteiger partial charge in [-0.05, 0) is 43.3 Å². The molecule has 0 spiro atoms. The van der Waals surface area contributed by atoms with Gasteiger partial charge < -0.3 is 5.32 Å². The first kappa shape index (κ1) is 11.7. The molecule has 2 rings (SSSR count). The third-order valence-electron chi connectivity index (χ3n) is 1.68. The monoisotopic (exact) mass is 361 g/mol. The molecule has 0 atom stereocenters. The van der Waals surface area contributed by atoms with Crippen molar-refractivity contribution in [2.24, 2.45) is 0 Å². The summed E-state index contributed by atoms with van der Waals surface area (Å²) in [7, 11) is 0. The van der Waals surface area contributed by atoms with Crippen LogP contribution in [-0.2, 0) is 0 Å². The average molecular weight is 363 g/mol. The molecule has 0 aliphatic heterocycles. The average Bonchev–Trinajstić information content (AvgIpc) is 2.75. The molecule has 0 saturated carbocycles. The van der Waals surface area contributed by atoms with E-state index < -0.39 is 0 Å². The van der Waals surface area contributed by atoms with Crippen LogP contribution in [0.15, 0.2) is 32.9 Å². The standard InChI is InChI=1S/C9H5Br2N3OS/c10-6-4-12-8(7(11)13-6)14-9(15)5-2-1-3-16-5/h1-4H,(H,12,14,15). The van der Waals surface area contributed by atoms with E-state index in [2.05, 4.69) is 47.1 Å². The smallest absolute Gasteiger partial charge is 0.266 e. The van der Waals surface area contributed by atoms with Gasteiger partial charge in [0.2, 0.25) is 0 Å². The van der Waals surface area contributed by atoms with E-state index in [1.807, 2.05) is 11.4 Å². The molecule has 16 heavy (non-hydrogen) atoms. The van der Waals surface area contributed by atoms with Crippen LogP contribution in [0, 0.1) is 0 Å². The summed E-state index contributed by atoms with van der Waals surface area (Å²) in [5.74, 6) is 0.217. The molecular weight excluding hydrogens is 358 g/mol. The van der Waals surface area contributed by atoms with E-state index in [9.17, 15) is 4.79 Å². The number of hydrogen-bond acceptors (Lipinski definition) is 4. The number of rotatable bonds is 2. The number of nitrogens with zero attached hydrogens (tertiary/aromatic N) is 2. The fraction of sp³-hybridized carbons (Fsp3) is 0. The Morgan fingerprint density at radius 1 is 1.44 bits per heavy atom. The molecule has 0 fully saturated rings. The van der Waals surface area contributed by atoms with Gasteiger partial charge in [0.25, 0.3) is 5.91 Å². The van der Waals surface area contributed by atoms with Gasteiger partial charge in [0, 0.05) is 0 Å². The van der Waals surface area contributed by atoms with Crippen LogP contribution in [0.2, 0.25) is 0 Å². The fourth-order valence-electron chi connectivity index (χ4n) is 1.01. The van der Waals surface area contributed by atoms with E-state index in [4.69, 9.17) is 0 Å². The van der Waals surface area contributed by atoms with Crippen molar-refractivity contribution in [3.05, 3.63) is 37.8 Å². The summed E-state index contributed by atoms with van der Waals surface area (Å²) < 4.78 is 1.10. The highest BCUT2D eigenvalue weighted by Crippen LogP contribution is 2.20. The highest BCUT2D eigenvalue weighted by molar-refractivity contribution is 9.11. The second-order valence-electron chi connectivity index (χ2n) is 2.76. The molecule has 0 saturated heterocycles. The second-order valence-corrected chi connectivity index (χ2v) is 5.27. The lowest BCUT2D eigenvalue weighted by molar-refractivity contribution is 0.103. The van der Waals surface area contributed by atoms with Crippen molar-refractivity contribution in [3.63, 3.8) is 0 Å². The Morgan fingerprint density at radius 3 is 2.88 bits per heavy atom. The van der Waals surface area contributed by atoms with E-state index >= 15 is 0 Å². The summed E-state index contributed by atoms with van der Waals surface area (Å²) in [6, 6.07) is 3.57. The van der Waals surface area contributed by atoms with Crippen molar-refractivity contribution in [2.75, 3.05) is 5.32 Å². The third kappa shape index (κ3) is 2.66. The molecule has 0 aliphatic carbocycles. The Balaban J connectivity index is 2.18. The second kappa shape index (κ2) is 5.03. The van der Waals surface area contributed by atoms with Crippen LogP contribution in [0.5, 0.6) is 0 Å². The quantitative estimate of drug-likeness (QED) is 0.891. The predicted octanol–water partition coefficient (Wildman–Crippen LogP) is 3.32. The molecule has 1 amide bonds. The van der Waals surface area contributed by atoms with Crippen molar-refractivity contribution >= 4 is 54.9 Å². The maximum Gasteiger partial charge on any atom is 0.266 e. The van der Waals surface area contributed by atoms with Gasteiger partial charge in [-0.2, -0.15) is 0 Å². The number of carbonyl (C=O) groups is 1. The zero-order chi connectivity index (χ0) is 11.5. The first-order chi connectivity index (χ1) is 7.66. The number of anilines is 1. The summed E-state index contributed by atoms with van der Waals surface area (Å²) in [6.07, 6.45) is 1.52. The van der Waals surface area contributed by atoms with Crippen LogP contribution in [0.25, 0.3) is 0 Å². The van der Waals surface area contributed by atoms with Crippen molar-refractivity contribution in [1.29, 1.82) is 0 Å². The minimum Gasteiger partial charge on any atom is -0.304 e. The summed E-state index contributed by atoms with van der Waals surface area (Å²) in [5.41, 5.74) is 0. The van der Waals surface area contributed by atoms with Gasteiger partial charge in [0.1, 0.15) is 9.21 Å². The Hall–Kier alpha value is -0.790. The molecule has 1 N–H and O–H groups in total. The van der Waals surface area contributed by atoms with E-state index in [0.717, 1.165) is 0 Å². The van der Waals surface area contributed by atoms with Crippen LogP contribution in [-0.4, -0.2) is 15.9 Å². The third-order valence-corrected chi connectivity index (χ3v) is 3.48. The Bertz CT molecular complexity index is 515. The molecule has 4 nitrogen and oxygen atoms in total. The van der Waals surface area contributed by atoms with Crippen LogP contribution in [0.4, 0.5) is 5.82 Å². The molecule has 0 radical (unpaired) electrons. The first-order valence-electron chi connectivity index (χ1n) is 4.19. The molecule has 0 unspecified atom stereocenters. The molecule has 0 aliphatic rings. The lowest BCUT2D eigenvalue weighted by atomic mass is 10.4. The SMILES string of the molecule is O=C(Nc1ncc(Br)nc1Br)c1cccs1. The van der Waals surface area contributed by atoms with Gasteiger partial charge >= 0.3 is 0 Å². The van der Waals surface area contributed by atoms with E-state index in [1.54, 1.807) is 6.07 Å². The van der Waals surface area contributed by atoms with Crippen molar-refractivity contribution < 1.29 is 4.79 Å². The van der Waals surface area contributed by atoms with Crippen molar-refractivity contribution in [2.45, 2.75) is 0 Å². The molecule has 0 aromatic carbocycles. The van der Waals surface area contributed by atoms with Crippen LogP contribution in [0.3, 0.4) is 0 Å². The van der Waals surface area contributed by atoms with Gasteiger partial charge in [0.05, 0.1) is 11.1 Å². The number of hydrogen-bond donors (Lipinski definition) is 1. The number of aromatic nitrogens is 2.